The Morgan fingerprint density at radius 2 is 1.36 bits per heavy atom. The van der Waals surface area contributed by atoms with Crippen LogP contribution in [0.15, 0.2) is 12.1 Å². The number of halogens is 6. The monoisotopic (exact) mass is 238 g/mol. The first-order valence-corrected chi connectivity index (χ1v) is 3.17. The maximum atomic E-state index is 12.4. The van der Waals surface area contributed by atoms with Crippen molar-refractivity contribution in [2.45, 2.75) is 0 Å². The van der Waals surface area contributed by atoms with E-state index < -0.39 is 29.9 Å². The van der Waals surface area contributed by atoms with E-state index in [0.29, 0.717) is 0 Å². The van der Waals surface area contributed by atoms with Gasteiger partial charge in [0.25, 0.3) is 0 Å². The molecule has 0 amide bonds. The van der Waals surface area contributed by atoms with Crippen LogP contribution >= 0.6 is 0 Å². The smallest absolute Gasteiger partial charge is 0.445 e. The number of rotatable bonds is 1. The number of benzene rings is 1. The fourth-order valence-corrected chi connectivity index (χ4v) is 0.794. The minimum Gasteiger partial charge on any atom is -0.445 e. The van der Waals surface area contributed by atoms with Crippen molar-refractivity contribution in [3.63, 3.8) is 0 Å². The maximum Gasteiger partial charge on any atom is 1.00 e. The van der Waals surface area contributed by atoms with Crippen molar-refractivity contribution < 1.29 is 77.5 Å². The Hall–Kier alpha value is 0.501. The summed E-state index contributed by atoms with van der Waals surface area (Å²) in [5, 5.41) is 0. The van der Waals surface area contributed by atoms with Gasteiger partial charge in [-0.15, -0.1) is 0 Å². The van der Waals surface area contributed by atoms with Gasteiger partial charge in [0.1, 0.15) is 5.82 Å². The molecule has 0 saturated heterocycles. The Morgan fingerprint density at radius 3 is 1.79 bits per heavy atom. The molecule has 0 bridgehead atoms. The van der Waals surface area contributed by atoms with Crippen molar-refractivity contribution in [2.24, 2.45) is 0 Å². The summed E-state index contributed by atoms with van der Waals surface area (Å²) in [6.07, 6.45) is 0. The Bertz CT molecular complexity index is 336. The second-order valence-corrected chi connectivity index (χ2v) is 2.34. The normalized spacial score (nSPS) is 11.0. The van der Waals surface area contributed by atoms with E-state index in [-0.39, 0.29) is 63.5 Å². The molecule has 0 aliphatic rings. The zero-order chi connectivity index (χ0) is 10.2. The first-order chi connectivity index (χ1) is 5.84. The second-order valence-electron chi connectivity index (χ2n) is 2.34. The topological polar surface area (TPSA) is 0 Å². The minimum absolute atomic E-state index is 0. The van der Waals surface area contributed by atoms with Gasteiger partial charge in [-0.2, -0.15) is 0 Å². The average Bonchev–Trinajstić information content (AvgIpc) is 1.98. The van der Waals surface area contributed by atoms with Crippen molar-refractivity contribution in [3.8, 4) is 0 Å². The van der Waals surface area contributed by atoms with Gasteiger partial charge in [0, 0.05) is 0 Å². The van der Waals surface area contributed by atoms with Crippen molar-refractivity contribution in [2.75, 3.05) is 0 Å². The van der Waals surface area contributed by atoms with Crippen molar-refractivity contribution in [1.82, 2.24) is 0 Å². The molecular weight excluding hydrogens is 236 g/mol. The van der Waals surface area contributed by atoms with Crippen LogP contribution in [-0.4, -0.2) is 6.98 Å². The van der Waals surface area contributed by atoms with Crippen molar-refractivity contribution in [1.29, 1.82) is 0 Å². The molecule has 1 aromatic carbocycles. The number of hydrogen-bond acceptors (Lipinski definition) is 0. The third-order valence-electron chi connectivity index (χ3n) is 1.42. The first kappa shape index (κ1) is 14.5. The molecule has 0 atom stereocenters. The van der Waals surface area contributed by atoms with Crippen LogP contribution in [0.4, 0.5) is 26.1 Å². The van der Waals surface area contributed by atoms with E-state index in [1.54, 1.807) is 0 Å². The molecule has 8 heteroatoms. The van der Waals surface area contributed by atoms with Crippen LogP contribution in [0.3, 0.4) is 0 Å². The molecular formula is C6H2BF6K. The molecule has 1 aromatic rings. The van der Waals surface area contributed by atoms with Gasteiger partial charge >= 0.3 is 58.4 Å². The van der Waals surface area contributed by atoms with Gasteiger partial charge in [-0.3, -0.25) is 0 Å². The van der Waals surface area contributed by atoms with E-state index in [9.17, 15) is 26.1 Å². The van der Waals surface area contributed by atoms with Gasteiger partial charge in [0.15, 0.2) is 11.6 Å². The van der Waals surface area contributed by atoms with Crippen LogP contribution in [0.1, 0.15) is 0 Å². The van der Waals surface area contributed by atoms with Gasteiger partial charge in [0.2, 0.25) is 0 Å². The van der Waals surface area contributed by atoms with Crippen molar-refractivity contribution in [3.05, 3.63) is 29.6 Å². The SMILES string of the molecule is Fc1ccc([B-](F)(F)F)c(F)c1F.[K+]. The van der Waals surface area contributed by atoms with Crippen molar-refractivity contribution >= 4 is 12.4 Å². The summed E-state index contributed by atoms with van der Waals surface area (Å²) < 4.78 is 72.6. The molecule has 72 valence electrons. The summed E-state index contributed by atoms with van der Waals surface area (Å²) in [5.74, 6) is -5.93. The van der Waals surface area contributed by atoms with Gasteiger partial charge in [-0.25, -0.2) is 13.2 Å². The summed E-state index contributed by atoms with van der Waals surface area (Å²) in [6.45, 7) is -5.64. The molecule has 0 saturated carbocycles. The van der Waals surface area contributed by atoms with Crippen LogP contribution in [0.2, 0.25) is 0 Å². The summed E-state index contributed by atoms with van der Waals surface area (Å²) in [5.41, 5.74) is -1.75. The van der Waals surface area contributed by atoms with Crippen LogP contribution in [0, 0.1) is 17.5 Å². The molecule has 0 radical (unpaired) electrons. The van der Waals surface area contributed by atoms with E-state index >= 15 is 0 Å². The zero-order valence-electron chi connectivity index (χ0n) is 7.00. The molecule has 0 aromatic heterocycles. The molecule has 0 heterocycles. The molecule has 14 heavy (non-hydrogen) atoms. The Morgan fingerprint density at radius 1 is 0.857 bits per heavy atom. The van der Waals surface area contributed by atoms with Crippen LogP contribution in [0.25, 0.3) is 0 Å². The molecule has 0 spiro atoms. The van der Waals surface area contributed by atoms with E-state index in [4.69, 9.17) is 0 Å². The Balaban J connectivity index is 0.00000169. The second kappa shape index (κ2) is 5.02. The summed E-state index contributed by atoms with van der Waals surface area (Å²) in [6, 6.07) is 0.413. The zero-order valence-corrected chi connectivity index (χ0v) is 10.1. The molecule has 0 N–H and O–H groups in total. The van der Waals surface area contributed by atoms with Gasteiger partial charge in [-0.05, 0) is 6.07 Å². The molecule has 0 fully saturated rings. The quantitative estimate of drug-likeness (QED) is 0.340. The van der Waals surface area contributed by atoms with Crippen LogP contribution in [0.5, 0.6) is 0 Å². The summed E-state index contributed by atoms with van der Waals surface area (Å²) in [7, 11) is 0. The molecule has 0 aliphatic heterocycles. The van der Waals surface area contributed by atoms with E-state index in [0.717, 1.165) is 0 Å². The molecule has 0 aliphatic carbocycles. The predicted molar refractivity (Wildman–Crippen MR) is 35.0 cm³/mol. The fraction of sp³-hybridized carbons (Fsp3) is 0. The maximum absolute atomic E-state index is 12.4. The summed E-state index contributed by atoms with van der Waals surface area (Å²) in [4.78, 5) is 0. The van der Waals surface area contributed by atoms with E-state index in [1.165, 1.54) is 0 Å². The largest absolute Gasteiger partial charge is 1.00 e. The van der Waals surface area contributed by atoms with Gasteiger partial charge in [0.05, 0.1) is 0 Å². The van der Waals surface area contributed by atoms with Gasteiger partial charge < -0.3 is 12.9 Å². The standard InChI is InChI=1S/C6H2BF6.K/c8-4-2-1-3(7(11,12)13)5(9)6(4)10;/h1-2H;/q-1;+1. The third-order valence-corrected chi connectivity index (χ3v) is 1.42. The van der Waals surface area contributed by atoms with E-state index in [2.05, 4.69) is 0 Å². The first-order valence-electron chi connectivity index (χ1n) is 3.17. The van der Waals surface area contributed by atoms with Crippen LogP contribution < -0.4 is 56.8 Å². The third kappa shape index (κ3) is 2.99. The minimum atomic E-state index is -5.64. The molecule has 0 unspecified atom stereocenters. The predicted octanol–water partition coefficient (Wildman–Crippen LogP) is -0.838. The van der Waals surface area contributed by atoms with Crippen LogP contribution in [-0.2, 0) is 0 Å². The summed E-state index contributed by atoms with van der Waals surface area (Å²) >= 11 is 0. The Labute approximate surface area is 118 Å². The number of hydrogen-bond donors (Lipinski definition) is 0. The molecule has 0 nitrogen and oxygen atoms in total. The fourth-order valence-electron chi connectivity index (χ4n) is 0.794. The molecule has 1 rings (SSSR count). The Kier molecular flexibility index (Phi) is 5.20. The average molecular weight is 238 g/mol. The van der Waals surface area contributed by atoms with Gasteiger partial charge in [-0.1, -0.05) is 11.5 Å². The van der Waals surface area contributed by atoms with E-state index in [1.807, 2.05) is 0 Å².